The van der Waals surface area contributed by atoms with Crippen LogP contribution < -0.4 is 26.3 Å². The van der Waals surface area contributed by atoms with Gasteiger partial charge in [0, 0.05) is 17.4 Å². The number of hydrogen-bond acceptors (Lipinski definition) is 4. The summed E-state index contributed by atoms with van der Waals surface area (Å²) in [6, 6.07) is 45.0. The molecule has 2 heterocycles. The van der Waals surface area contributed by atoms with Crippen LogP contribution >= 0.6 is 0 Å². The Bertz CT molecular complexity index is 1920. The van der Waals surface area contributed by atoms with Crippen molar-refractivity contribution in [2.24, 2.45) is 5.10 Å². The van der Waals surface area contributed by atoms with Crippen molar-refractivity contribution in [1.29, 1.82) is 0 Å². The lowest BCUT2D eigenvalue weighted by Crippen LogP contribution is -2.54. The number of nitrogens with zero attached hydrogens (tertiary/aromatic N) is 5. The van der Waals surface area contributed by atoms with Crippen LogP contribution in [0.4, 0.5) is 11.4 Å². The standard InChI is InChI=1S/C38H34BN5/c1-28-22-29(2)38(30(3)23-28)39(32-14-10-18-35(24-32)43-21-20-37(41-43)31-12-6-4-7-13-31)33-15-11-19-36(25-33)44-27-42(26-40-44)34-16-8-5-9-17-34/h4-26H,27H2,1-3H3. The van der Waals surface area contributed by atoms with E-state index in [-0.39, 0.29) is 6.71 Å². The highest BCUT2D eigenvalue weighted by Crippen LogP contribution is 2.22. The second kappa shape index (κ2) is 11.7. The van der Waals surface area contributed by atoms with Gasteiger partial charge in [-0.15, -0.1) is 0 Å². The number of aromatic nitrogens is 2. The molecule has 0 amide bonds. The lowest BCUT2D eigenvalue weighted by atomic mass is 9.35. The minimum Gasteiger partial charge on any atom is -0.311 e. The molecule has 0 atom stereocenters. The van der Waals surface area contributed by atoms with E-state index in [4.69, 9.17) is 10.2 Å². The van der Waals surface area contributed by atoms with Gasteiger partial charge in [0.15, 0.2) is 0 Å². The van der Waals surface area contributed by atoms with Crippen LogP contribution in [0.2, 0.25) is 0 Å². The highest BCUT2D eigenvalue weighted by molar-refractivity contribution is 6.96. The van der Waals surface area contributed by atoms with Gasteiger partial charge in [0.25, 0.3) is 0 Å². The van der Waals surface area contributed by atoms with Crippen molar-refractivity contribution in [3.63, 3.8) is 0 Å². The first-order valence-corrected chi connectivity index (χ1v) is 15.1. The fourth-order valence-electron chi connectivity index (χ4n) is 6.37. The molecule has 1 aliphatic heterocycles. The van der Waals surface area contributed by atoms with Gasteiger partial charge in [-0.3, -0.25) is 0 Å². The molecule has 0 saturated carbocycles. The monoisotopic (exact) mass is 571 g/mol. The Morgan fingerprint density at radius 1 is 0.614 bits per heavy atom. The lowest BCUT2D eigenvalue weighted by molar-refractivity contribution is 0.885. The normalized spacial score (nSPS) is 12.6. The topological polar surface area (TPSA) is 36.7 Å². The Morgan fingerprint density at radius 3 is 1.93 bits per heavy atom. The molecular weight excluding hydrogens is 537 g/mol. The third-order valence-corrected chi connectivity index (χ3v) is 8.36. The smallest absolute Gasteiger partial charge is 0.242 e. The Labute approximate surface area is 259 Å². The molecule has 6 heteroatoms. The van der Waals surface area contributed by atoms with Crippen molar-refractivity contribution >= 4 is 40.8 Å². The summed E-state index contributed by atoms with van der Waals surface area (Å²) < 4.78 is 1.98. The minimum absolute atomic E-state index is 0.0384. The molecule has 0 spiro atoms. The van der Waals surface area contributed by atoms with Crippen LogP contribution in [0.5, 0.6) is 0 Å². The zero-order valence-corrected chi connectivity index (χ0v) is 25.3. The van der Waals surface area contributed by atoms with Crippen LogP contribution in [0.3, 0.4) is 0 Å². The molecule has 44 heavy (non-hydrogen) atoms. The summed E-state index contributed by atoms with van der Waals surface area (Å²) in [7, 11) is 0. The Balaban J connectivity index is 1.28. The molecular formula is C38H34BN5. The van der Waals surface area contributed by atoms with E-state index in [0.717, 1.165) is 28.3 Å². The molecule has 1 aromatic heterocycles. The van der Waals surface area contributed by atoms with Crippen molar-refractivity contribution < 1.29 is 0 Å². The molecule has 5 nitrogen and oxygen atoms in total. The molecule has 0 aliphatic carbocycles. The minimum atomic E-state index is 0.0384. The van der Waals surface area contributed by atoms with Crippen molar-refractivity contribution in [3.05, 3.63) is 150 Å². The summed E-state index contributed by atoms with van der Waals surface area (Å²) in [6.07, 6.45) is 3.95. The van der Waals surface area contributed by atoms with Crippen LogP contribution in [0.15, 0.2) is 139 Å². The Kier molecular flexibility index (Phi) is 7.33. The van der Waals surface area contributed by atoms with Gasteiger partial charge in [-0.1, -0.05) is 118 Å². The van der Waals surface area contributed by atoms with E-state index in [2.05, 4.69) is 134 Å². The number of anilines is 2. The van der Waals surface area contributed by atoms with E-state index in [0.29, 0.717) is 6.67 Å². The van der Waals surface area contributed by atoms with Crippen molar-refractivity contribution in [2.45, 2.75) is 20.8 Å². The second-order valence-corrected chi connectivity index (χ2v) is 11.5. The number of para-hydroxylation sites is 1. The highest BCUT2D eigenvalue weighted by atomic mass is 15.6. The molecule has 5 aromatic carbocycles. The van der Waals surface area contributed by atoms with E-state index < -0.39 is 0 Å². The maximum absolute atomic E-state index is 4.93. The first kappa shape index (κ1) is 27.5. The molecule has 0 bridgehead atoms. The zero-order valence-electron chi connectivity index (χ0n) is 25.3. The Morgan fingerprint density at radius 2 is 1.23 bits per heavy atom. The van der Waals surface area contributed by atoms with Gasteiger partial charge >= 0.3 is 0 Å². The average molecular weight is 572 g/mol. The molecule has 6 aromatic rings. The van der Waals surface area contributed by atoms with Gasteiger partial charge in [0.2, 0.25) is 6.71 Å². The number of hydrazone groups is 1. The maximum atomic E-state index is 4.93. The fourth-order valence-corrected chi connectivity index (χ4v) is 6.37. The average Bonchev–Trinajstić information content (AvgIpc) is 3.75. The SMILES string of the molecule is Cc1cc(C)c(B(c2cccc(N3CN(c4ccccc4)C=N3)c2)c2cccc(-n3ccc(-c4ccccc4)n3)c2)c(C)c1. The first-order valence-electron chi connectivity index (χ1n) is 15.1. The third kappa shape index (κ3) is 5.42. The van der Waals surface area contributed by atoms with Gasteiger partial charge in [0.1, 0.15) is 13.0 Å². The molecule has 0 saturated heterocycles. The lowest BCUT2D eigenvalue weighted by Gasteiger charge is -2.23. The molecule has 7 rings (SSSR count). The first-order chi connectivity index (χ1) is 21.5. The van der Waals surface area contributed by atoms with Crippen molar-refractivity contribution in [2.75, 3.05) is 16.6 Å². The van der Waals surface area contributed by atoms with Crippen LogP contribution in [-0.4, -0.2) is 29.5 Å². The van der Waals surface area contributed by atoms with Crippen LogP contribution in [0, 0.1) is 20.8 Å². The van der Waals surface area contributed by atoms with Gasteiger partial charge < -0.3 is 4.90 Å². The molecule has 0 unspecified atom stereocenters. The quantitative estimate of drug-likeness (QED) is 0.214. The summed E-state index contributed by atoms with van der Waals surface area (Å²) >= 11 is 0. The van der Waals surface area contributed by atoms with Gasteiger partial charge in [-0.25, -0.2) is 9.69 Å². The van der Waals surface area contributed by atoms with Crippen molar-refractivity contribution in [3.8, 4) is 16.9 Å². The van der Waals surface area contributed by atoms with E-state index in [1.54, 1.807) is 0 Å². The number of hydrogen-bond donors (Lipinski definition) is 0. The highest BCUT2D eigenvalue weighted by Gasteiger charge is 2.27. The van der Waals surface area contributed by atoms with Crippen LogP contribution in [0.1, 0.15) is 16.7 Å². The Hall–Kier alpha value is -5.36. The largest absolute Gasteiger partial charge is 0.311 e. The summed E-state index contributed by atoms with van der Waals surface area (Å²) in [5.74, 6) is 0. The fraction of sp³-hybridized carbons (Fsp3) is 0.105. The van der Waals surface area contributed by atoms with Crippen LogP contribution in [-0.2, 0) is 0 Å². The predicted octanol–water partition coefficient (Wildman–Crippen LogP) is 6.21. The molecule has 0 N–H and O–H groups in total. The van der Waals surface area contributed by atoms with Crippen LogP contribution in [0.25, 0.3) is 16.9 Å². The summed E-state index contributed by atoms with van der Waals surface area (Å²) in [5.41, 5.74) is 13.0. The van der Waals surface area contributed by atoms with E-state index in [9.17, 15) is 0 Å². The van der Waals surface area contributed by atoms with Crippen molar-refractivity contribution in [1.82, 2.24) is 9.78 Å². The van der Waals surface area contributed by atoms with E-state index in [1.807, 2.05) is 41.5 Å². The maximum Gasteiger partial charge on any atom is 0.242 e. The zero-order chi connectivity index (χ0) is 30.0. The summed E-state index contributed by atoms with van der Waals surface area (Å²) in [4.78, 5) is 2.16. The molecule has 214 valence electrons. The number of rotatable bonds is 7. The van der Waals surface area contributed by atoms with Gasteiger partial charge in [0.05, 0.1) is 17.1 Å². The second-order valence-electron chi connectivity index (χ2n) is 11.5. The molecule has 0 radical (unpaired) electrons. The summed E-state index contributed by atoms with van der Waals surface area (Å²) in [6.45, 7) is 7.35. The summed E-state index contributed by atoms with van der Waals surface area (Å²) in [5, 5.41) is 11.8. The third-order valence-electron chi connectivity index (χ3n) is 8.36. The number of aryl methyl sites for hydroxylation is 3. The van der Waals surface area contributed by atoms with Gasteiger partial charge in [-0.2, -0.15) is 10.2 Å². The predicted molar refractivity (Wildman–Crippen MR) is 186 cm³/mol. The van der Waals surface area contributed by atoms with E-state index in [1.165, 1.54) is 33.1 Å². The number of benzene rings is 5. The van der Waals surface area contributed by atoms with E-state index >= 15 is 0 Å². The molecule has 1 aliphatic rings. The van der Waals surface area contributed by atoms with Gasteiger partial charge in [-0.05, 0) is 63.2 Å². The molecule has 0 fully saturated rings.